The molecule has 1 N–H and O–H groups in total. The highest BCUT2D eigenvalue weighted by molar-refractivity contribution is 4.76. The van der Waals surface area contributed by atoms with Crippen LogP contribution in [-0.4, -0.2) is 37.6 Å². The van der Waals surface area contributed by atoms with Crippen molar-refractivity contribution in [1.29, 1.82) is 0 Å². The monoisotopic (exact) mass is 238 g/mol. The van der Waals surface area contributed by atoms with Gasteiger partial charge >= 0.3 is 0 Å². The van der Waals surface area contributed by atoms with E-state index < -0.39 is 0 Å². The standard InChI is InChI=1S/C15H30N2/c1-4-5-6-9-17-10-7-8-15(13-17)12-16-11-14(2)3/h4,14-16H,1,5-13H2,2-3H3. The highest BCUT2D eigenvalue weighted by Crippen LogP contribution is 2.16. The van der Waals surface area contributed by atoms with Crippen LogP contribution in [0.4, 0.5) is 0 Å². The minimum atomic E-state index is 0.766. The predicted molar refractivity (Wildman–Crippen MR) is 76.3 cm³/mol. The molecule has 100 valence electrons. The number of likely N-dealkylation sites (tertiary alicyclic amines) is 1. The van der Waals surface area contributed by atoms with Crippen molar-refractivity contribution in [3.8, 4) is 0 Å². The van der Waals surface area contributed by atoms with Gasteiger partial charge in [0.05, 0.1) is 0 Å². The molecule has 0 amide bonds. The first kappa shape index (κ1) is 14.7. The summed E-state index contributed by atoms with van der Waals surface area (Å²) in [5.74, 6) is 1.63. The lowest BCUT2D eigenvalue weighted by Gasteiger charge is -2.33. The van der Waals surface area contributed by atoms with E-state index in [1.807, 2.05) is 6.08 Å². The van der Waals surface area contributed by atoms with Gasteiger partial charge in [0.15, 0.2) is 0 Å². The van der Waals surface area contributed by atoms with Crippen molar-refractivity contribution in [3.05, 3.63) is 12.7 Å². The van der Waals surface area contributed by atoms with Crippen LogP contribution in [-0.2, 0) is 0 Å². The van der Waals surface area contributed by atoms with E-state index >= 15 is 0 Å². The molecular weight excluding hydrogens is 208 g/mol. The van der Waals surface area contributed by atoms with Crippen LogP contribution in [0.3, 0.4) is 0 Å². The second-order valence-electron chi connectivity index (χ2n) is 5.79. The fraction of sp³-hybridized carbons (Fsp3) is 0.867. The number of unbranched alkanes of at least 4 members (excludes halogenated alkanes) is 1. The minimum Gasteiger partial charge on any atom is -0.316 e. The third-order valence-electron chi connectivity index (χ3n) is 3.47. The van der Waals surface area contributed by atoms with Gasteiger partial charge in [0.25, 0.3) is 0 Å². The van der Waals surface area contributed by atoms with Crippen LogP contribution >= 0.6 is 0 Å². The molecule has 2 nitrogen and oxygen atoms in total. The highest BCUT2D eigenvalue weighted by Gasteiger charge is 2.18. The van der Waals surface area contributed by atoms with E-state index in [2.05, 4.69) is 30.6 Å². The van der Waals surface area contributed by atoms with Gasteiger partial charge in [-0.1, -0.05) is 19.9 Å². The summed E-state index contributed by atoms with van der Waals surface area (Å²) in [6, 6.07) is 0. The molecule has 1 aliphatic rings. The molecule has 0 aromatic heterocycles. The van der Waals surface area contributed by atoms with Crippen molar-refractivity contribution >= 4 is 0 Å². The predicted octanol–water partition coefficient (Wildman–Crippen LogP) is 2.91. The zero-order valence-electron chi connectivity index (χ0n) is 11.8. The Morgan fingerprint density at radius 1 is 1.47 bits per heavy atom. The molecule has 1 aliphatic heterocycles. The maximum Gasteiger partial charge on any atom is 0.00218 e. The van der Waals surface area contributed by atoms with Gasteiger partial charge < -0.3 is 10.2 Å². The van der Waals surface area contributed by atoms with E-state index in [9.17, 15) is 0 Å². The average Bonchev–Trinajstić information content (AvgIpc) is 2.29. The van der Waals surface area contributed by atoms with E-state index in [4.69, 9.17) is 0 Å². The summed E-state index contributed by atoms with van der Waals surface area (Å²) in [5, 5.41) is 3.60. The molecule has 1 unspecified atom stereocenters. The van der Waals surface area contributed by atoms with Gasteiger partial charge in [-0.25, -0.2) is 0 Å². The summed E-state index contributed by atoms with van der Waals surface area (Å²) >= 11 is 0. The number of allylic oxidation sites excluding steroid dienone is 1. The minimum absolute atomic E-state index is 0.766. The molecule has 0 saturated carbocycles. The molecule has 0 aliphatic carbocycles. The summed E-state index contributed by atoms with van der Waals surface area (Å²) in [6.07, 6.45) is 7.25. The number of hydrogen-bond acceptors (Lipinski definition) is 2. The highest BCUT2D eigenvalue weighted by atomic mass is 15.1. The van der Waals surface area contributed by atoms with Crippen molar-refractivity contribution in [3.63, 3.8) is 0 Å². The first-order valence-corrected chi connectivity index (χ1v) is 7.26. The Kier molecular flexibility index (Phi) is 7.54. The largest absolute Gasteiger partial charge is 0.316 e. The molecule has 2 heteroatoms. The van der Waals surface area contributed by atoms with E-state index in [0.717, 1.165) is 24.8 Å². The summed E-state index contributed by atoms with van der Waals surface area (Å²) in [6.45, 7) is 14.6. The van der Waals surface area contributed by atoms with E-state index in [1.54, 1.807) is 0 Å². The lowest BCUT2D eigenvalue weighted by atomic mass is 9.97. The maximum absolute atomic E-state index is 3.79. The normalized spacial score (nSPS) is 21.9. The Hall–Kier alpha value is -0.340. The van der Waals surface area contributed by atoms with E-state index in [1.165, 1.54) is 45.4 Å². The fourth-order valence-electron chi connectivity index (χ4n) is 2.56. The van der Waals surface area contributed by atoms with Gasteiger partial charge in [-0.05, 0) is 63.7 Å². The second-order valence-corrected chi connectivity index (χ2v) is 5.79. The molecule has 1 heterocycles. The molecule has 0 aromatic carbocycles. The third-order valence-corrected chi connectivity index (χ3v) is 3.47. The van der Waals surface area contributed by atoms with Crippen molar-refractivity contribution in [2.24, 2.45) is 11.8 Å². The van der Waals surface area contributed by atoms with Crippen LogP contribution in [0.25, 0.3) is 0 Å². The van der Waals surface area contributed by atoms with Crippen molar-refractivity contribution < 1.29 is 0 Å². The number of rotatable bonds is 8. The quantitative estimate of drug-likeness (QED) is 0.517. The topological polar surface area (TPSA) is 15.3 Å². The first-order valence-electron chi connectivity index (χ1n) is 7.26. The Balaban J connectivity index is 2.12. The Morgan fingerprint density at radius 3 is 3.00 bits per heavy atom. The number of nitrogens with one attached hydrogen (secondary N) is 1. The van der Waals surface area contributed by atoms with Gasteiger partial charge in [-0.2, -0.15) is 0 Å². The Bertz CT molecular complexity index is 201. The lowest BCUT2D eigenvalue weighted by Crippen LogP contribution is -2.40. The zero-order chi connectivity index (χ0) is 12.5. The Labute approximate surface area is 107 Å². The molecule has 1 saturated heterocycles. The van der Waals surface area contributed by atoms with Crippen molar-refractivity contribution in [2.75, 3.05) is 32.7 Å². The molecule has 0 radical (unpaired) electrons. The van der Waals surface area contributed by atoms with Gasteiger partial charge in [0.1, 0.15) is 0 Å². The van der Waals surface area contributed by atoms with Gasteiger partial charge in [-0.3, -0.25) is 0 Å². The smallest absolute Gasteiger partial charge is 0.00218 e. The summed E-state index contributed by atoms with van der Waals surface area (Å²) < 4.78 is 0. The van der Waals surface area contributed by atoms with Crippen LogP contribution in [0, 0.1) is 11.8 Å². The number of hydrogen-bond donors (Lipinski definition) is 1. The first-order chi connectivity index (χ1) is 8.22. The van der Waals surface area contributed by atoms with Crippen LogP contribution in [0.2, 0.25) is 0 Å². The molecule has 0 aromatic rings. The van der Waals surface area contributed by atoms with Crippen molar-refractivity contribution in [2.45, 2.75) is 39.5 Å². The van der Waals surface area contributed by atoms with Crippen LogP contribution in [0.5, 0.6) is 0 Å². The van der Waals surface area contributed by atoms with Gasteiger partial charge in [-0.15, -0.1) is 6.58 Å². The van der Waals surface area contributed by atoms with Crippen LogP contribution in [0.1, 0.15) is 39.5 Å². The van der Waals surface area contributed by atoms with Crippen LogP contribution < -0.4 is 5.32 Å². The molecule has 0 spiro atoms. The van der Waals surface area contributed by atoms with E-state index in [-0.39, 0.29) is 0 Å². The zero-order valence-corrected chi connectivity index (χ0v) is 11.8. The summed E-state index contributed by atoms with van der Waals surface area (Å²) in [5.41, 5.74) is 0. The van der Waals surface area contributed by atoms with Crippen molar-refractivity contribution in [1.82, 2.24) is 10.2 Å². The number of nitrogens with zero attached hydrogens (tertiary/aromatic N) is 1. The third kappa shape index (κ3) is 6.85. The molecule has 1 rings (SSSR count). The molecular formula is C15H30N2. The number of piperidine rings is 1. The second kappa shape index (κ2) is 8.71. The lowest BCUT2D eigenvalue weighted by molar-refractivity contribution is 0.170. The maximum atomic E-state index is 3.79. The van der Waals surface area contributed by atoms with Crippen LogP contribution in [0.15, 0.2) is 12.7 Å². The average molecular weight is 238 g/mol. The van der Waals surface area contributed by atoms with Gasteiger partial charge in [0.2, 0.25) is 0 Å². The Morgan fingerprint density at radius 2 is 2.29 bits per heavy atom. The molecule has 17 heavy (non-hydrogen) atoms. The summed E-state index contributed by atoms with van der Waals surface area (Å²) in [4.78, 5) is 2.63. The summed E-state index contributed by atoms with van der Waals surface area (Å²) in [7, 11) is 0. The SMILES string of the molecule is C=CCCCN1CCCC(CNCC(C)C)C1. The van der Waals surface area contributed by atoms with Gasteiger partial charge in [0, 0.05) is 6.54 Å². The molecule has 1 atom stereocenters. The molecule has 1 fully saturated rings. The van der Waals surface area contributed by atoms with E-state index in [0.29, 0.717) is 0 Å². The fourth-order valence-corrected chi connectivity index (χ4v) is 2.56. The molecule has 0 bridgehead atoms.